The van der Waals surface area contributed by atoms with Crippen LogP contribution in [-0.4, -0.2) is 45.3 Å². The number of methoxy groups -OCH3 is 1. The monoisotopic (exact) mass is 217 g/mol. The number of rotatable bonds is 9. The molecule has 0 saturated heterocycles. The van der Waals surface area contributed by atoms with E-state index in [1.165, 1.54) is 0 Å². The molecule has 0 spiro atoms. The van der Waals surface area contributed by atoms with Crippen molar-refractivity contribution in [3.8, 4) is 0 Å². The minimum absolute atomic E-state index is 0.0389. The number of hydrogen-bond acceptors (Lipinski definition) is 4. The highest BCUT2D eigenvalue weighted by Gasteiger charge is 2.10. The van der Waals surface area contributed by atoms with Crippen LogP contribution >= 0.6 is 0 Å². The molecule has 0 heterocycles. The molecule has 0 aromatic rings. The van der Waals surface area contributed by atoms with Crippen LogP contribution in [0.15, 0.2) is 0 Å². The van der Waals surface area contributed by atoms with Gasteiger partial charge in [-0.2, -0.15) is 0 Å². The van der Waals surface area contributed by atoms with E-state index in [2.05, 4.69) is 10.6 Å². The maximum Gasteiger partial charge on any atom is 0.221 e. The van der Waals surface area contributed by atoms with E-state index in [-0.39, 0.29) is 11.9 Å². The third-order valence-corrected chi connectivity index (χ3v) is 2.03. The number of hydrogen-bond donors (Lipinski definition) is 3. The molecule has 1 unspecified atom stereocenters. The summed E-state index contributed by atoms with van der Waals surface area (Å²) in [6, 6.07) is 0.0389. The predicted molar refractivity (Wildman–Crippen MR) is 60.6 cm³/mol. The molecule has 5 nitrogen and oxygen atoms in total. The first-order valence-corrected chi connectivity index (χ1v) is 5.43. The van der Waals surface area contributed by atoms with Crippen molar-refractivity contribution in [1.82, 2.24) is 10.6 Å². The SMILES string of the molecule is CCCNC(=O)CC(CN)NCCOC. The normalized spacial score (nSPS) is 12.5. The van der Waals surface area contributed by atoms with E-state index in [4.69, 9.17) is 10.5 Å². The summed E-state index contributed by atoms with van der Waals surface area (Å²) < 4.78 is 4.90. The first kappa shape index (κ1) is 14.3. The van der Waals surface area contributed by atoms with Gasteiger partial charge in [-0.1, -0.05) is 6.92 Å². The summed E-state index contributed by atoms with van der Waals surface area (Å²) in [4.78, 5) is 11.4. The fraction of sp³-hybridized carbons (Fsp3) is 0.900. The molecule has 0 aliphatic rings. The van der Waals surface area contributed by atoms with Crippen molar-refractivity contribution >= 4 is 5.91 Å². The second kappa shape index (κ2) is 9.89. The number of nitrogens with two attached hydrogens (primary N) is 1. The molecule has 0 rings (SSSR count). The van der Waals surface area contributed by atoms with Crippen LogP contribution in [0.3, 0.4) is 0 Å². The van der Waals surface area contributed by atoms with Crippen LogP contribution in [-0.2, 0) is 9.53 Å². The fourth-order valence-electron chi connectivity index (χ4n) is 1.16. The third-order valence-electron chi connectivity index (χ3n) is 2.03. The van der Waals surface area contributed by atoms with Gasteiger partial charge in [0.15, 0.2) is 0 Å². The van der Waals surface area contributed by atoms with Gasteiger partial charge in [0.1, 0.15) is 0 Å². The maximum atomic E-state index is 11.4. The number of carbonyl (C=O) groups is 1. The van der Waals surface area contributed by atoms with E-state index in [1.54, 1.807) is 7.11 Å². The van der Waals surface area contributed by atoms with E-state index >= 15 is 0 Å². The Morgan fingerprint density at radius 3 is 2.73 bits per heavy atom. The lowest BCUT2D eigenvalue weighted by Crippen LogP contribution is -2.42. The molecule has 0 aliphatic heterocycles. The Labute approximate surface area is 91.7 Å². The van der Waals surface area contributed by atoms with Crippen LogP contribution in [0.2, 0.25) is 0 Å². The van der Waals surface area contributed by atoms with Crippen molar-refractivity contribution in [3.63, 3.8) is 0 Å². The zero-order chi connectivity index (χ0) is 11.5. The highest BCUT2D eigenvalue weighted by atomic mass is 16.5. The largest absolute Gasteiger partial charge is 0.383 e. The Morgan fingerprint density at radius 1 is 1.47 bits per heavy atom. The zero-order valence-electron chi connectivity index (χ0n) is 9.71. The minimum atomic E-state index is 0.0389. The summed E-state index contributed by atoms with van der Waals surface area (Å²) in [5, 5.41) is 5.99. The van der Waals surface area contributed by atoms with Gasteiger partial charge in [-0.15, -0.1) is 0 Å². The molecule has 1 atom stereocenters. The van der Waals surface area contributed by atoms with Crippen LogP contribution in [0.25, 0.3) is 0 Å². The number of nitrogens with one attached hydrogen (secondary N) is 2. The molecule has 90 valence electrons. The number of carbonyl (C=O) groups excluding carboxylic acids is 1. The summed E-state index contributed by atoms with van der Waals surface area (Å²) in [6.07, 6.45) is 1.39. The predicted octanol–water partition coefficient (Wildman–Crippen LogP) is -0.534. The Bertz CT molecular complexity index is 165. The van der Waals surface area contributed by atoms with E-state index in [1.807, 2.05) is 6.92 Å². The molecule has 4 N–H and O–H groups in total. The Kier molecular flexibility index (Phi) is 9.46. The van der Waals surface area contributed by atoms with Gasteiger partial charge in [-0.05, 0) is 6.42 Å². The Balaban J connectivity index is 3.62. The van der Waals surface area contributed by atoms with Crippen molar-refractivity contribution < 1.29 is 9.53 Å². The standard InChI is InChI=1S/C10H23N3O2/c1-3-4-13-10(14)7-9(8-11)12-5-6-15-2/h9,12H,3-8,11H2,1-2H3,(H,13,14). The van der Waals surface area contributed by atoms with Crippen LogP contribution in [0.1, 0.15) is 19.8 Å². The Hall–Kier alpha value is -0.650. The zero-order valence-corrected chi connectivity index (χ0v) is 9.71. The molecule has 5 heteroatoms. The topological polar surface area (TPSA) is 76.4 Å². The van der Waals surface area contributed by atoms with Gasteiger partial charge in [0.05, 0.1) is 6.61 Å². The number of amides is 1. The second-order valence-electron chi connectivity index (χ2n) is 3.43. The van der Waals surface area contributed by atoms with Gasteiger partial charge in [0, 0.05) is 39.2 Å². The lowest BCUT2D eigenvalue weighted by molar-refractivity contribution is -0.121. The van der Waals surface area contributed by atoms with E-state index in [9.17, 15) is 4.79 Å². The molecule has 1 amide bonds. The maximum absolute atomic E-state index is 11.4. The highest BCUT2D eigenvalue weighted by Crippen LogP contribution is 1.90. The van der Waals surface area contributed by atoms with Gasteiger partial charge in [0.2, 0.25) is 5.91 Å². The van der Waals surface area contributed by atoms with Crippen LogP contribution in [0.5, 0.6) is 0 Å². The van der Waals surface area contributed by atoms with E-state index < -0.39 is 0 Å². The summed E-state index contributed by atoms with van der Waals surface area (Å²) >= 11 is 0. The average Bonchev–Trinajstić information content (AvgIpc) is 2.25. The van der Waals surface area contributed by atoms with Crippen molar-refractivity contribution in [2.24, 2.45) is 5.73 Å². The quantitative estimate of drug-likeness (QED) is 0.454. The minimum Gasteiger partial charge on any atom is -0.383 e. The molecule has 0 aromatic heterocycles. The third kappa shape index (κ3) is 8.35. The second-order valence-corrected chi connectivity index (χ2v) is 3.43. The Morgan fingerprint density at radius 2 is 2.20 bits per heavy atom. The molecular weight excluding hydrogens is 194 g/mol. The fourth-order valence-corrected chi connectivity index (χ4v) is 1.16. The van der Waals surface area contributed by atoms with Crippen LogP contribution in [0.4, 0.5) is 0 Å². The van der Waals surface area contributed by atoms with Gasteiger partial charge in [-0.25, -0.2) is 0 Å². The summed E-state index contributed by atoms with van der Waals surface area (Å²) in [6.45, 7) is 4.57. The first-order valence-electron chi connectivity index (χ1n) is 5.43. The molecule has 15 heavy (non-hydrogen) atoms. The highest BCUT2D eigenvalue weighted by molar-refractivity contribution is 5.76. The van der Waals surface area contributed by atoms with E-state index in [0.29, 0.717) is 19.6 Å². The summed E-state index contributed by atoms with van der Waals surface area (Å²) in [5.74, 6) is 0.0530. The van der Waals surface area contributed by atoms with Gasteiger partial charge in [-0.3, -0.25) is 4.79 Å². The van der Waals surface area contributed by atoms with Crippen molar-refractivity contribution in [3.05, 3.63) is 0 Å². The summed E-state index contributed by atoms with van der Waals surface area (Å²) in [5.41, 5.74) is 5.55. The molecule has 0 aromatic carbocycles. The van der Waals surface area contributed by atoms with Crippen molar-refractivity contribution in [2.45, 2.75) is 25.8 Å². The lowest BCUT2D eigenvalue weighted by Gasteiger charge is -2.16. The molecule has 0 saturated carbocycles. The smallest absolute Gasteiger partial charge is 0.221 e. The van der Waals surface area contributed by atoms with Crippen LogP contribution < -0.4 is 16.4 Å². The first-order chi connectivity index (χ1) is 7.24. The van der Waals surface area contributed by atoms with Gasteiger partial charge < -0.3 is 21.1 Å². The molecular formula is C10H23N3O2. The van der Waals surface area contributed by atoms with E-state index in [0.717, 1.165) is 19.5 Å². The summed E-state index contributed by atoms with van der Waals surface area (Å²) in [7, 11) is 1.65. The van der Waals surface area contributed by atoms with Crippen LogP contribution in [0, 0.1) is 0 Å². The molecule has 0 radical (unpaired) electrons. The lowest BCUT2D eigenvalue weighted by atomic mass is 10.2. The van der Waals surface area contributed by atoms with Crippen molar-refractivity contribution in [2.75, 3.05) is 33.4 Å². The average molecular weight is 217 g/mol. The van der Waals surface area contributed by atoms with Gasteiger partial charge in [0.25, 0.3) is 0 Å². The van der Waals surface area contributed by atoms with Gasteiger partial charge >= 0.3 is 0 Å². The molecule has 0 bridgehead atoms. The molecule has 0 aliphatic carbocycles. The molecule has 0 fully saturated rings. The number of ether oxygens (including phenoxy) is 1. The van der Waals surface area contributed by atoms with Crippen molar-refractivity contribution in [1.29, 1.82) is 0 Å².